The molecule has 2 atom stereocenters. The first-order valence-corrected chi connectivity index (χ1v) is 12.3. The zero-order chi connectivity index (χ0) is 23.3. The van der Waals surface area contributed by atoms with Crippen molar-refractivity contribution in [2.24, 2.45) is 11.1 Å². The molecule has 1 aromatic heterocycles. The van der Waals surface area contributed by atoms with E-state index in [0.29, 0.717) is 12.8 Å². The predicted molar refractivity (Wildman–Crippen MR) is 122 cm³/mol. The van der Waals surface area contributed by atoms with Crippen LogP contribution in [0.4, 0.5) is 10.1 Å². The maximum Gasteiger partial charge on any atom is 0.240 e. The third-order valence-electron chi connectivity index (χ3n) is 6.57. The number of benzene rings is 2. The SMILES string of the molecule is C[C@@H]1C2=C(CC[C@H]2C(=O)Nc2ccccc2S(N)(=O)=O)Cc2c1cnn2-c1ccc(F)cc1. The third-order valence-corrected chi connectivity index (χ3v) is 7.54. The number of para-hydroxylation sites is 1. The highest BCUT2D eigenvalue weighted by molar-refractivity contribution is 7.89. The molecule has 0 radical (unpaired) electrons. The van der Waals surface area contributed by atoms with E-state index in [1.54, 1.807) is 24.3 Å². The van der Waals surface area contributed by atoms with Crippen molar-refractivity contribution < 1.29 is 17.6 Å². The van der Waals surface area contributed by atoms with Gasteiger partial charge in [-0.05, 0) is 49.2 Å². The summed E-state index contributed by atoms with van der Waals surface area (Å²) in [6.45, 7) is 2.06. The molecule has 33 heavy (non-hydrogen) atoms. The molecule has 0 spiro atoms. The zero-order valence-corrected chi connectivity index (χ0v) is 18.8. The lowest BCUT2D eigenvalue weighted by Gasteiger charge is -2.26. The topological polar surface area (TPSA) is 107 Å². The van der Waals surface area contributed by atoms with Crippen molar-refractivity contribution in [3.05, 3.63) is 82.9 Å². The Morgan fingerprint density at radius 3 is 2.64 bits per heavy atom. The van der Waals surface area contributed by atoms with Crippen LogP contribution in [0.25, 0.3) is 5.69 Å². The van der Waals surface area contributed by atoms with Gasteiger partial charge in [-0.2, -0.15) is 5.10 Å². The molecule has 7 nitrogen and oxygen atoms in total. The van der Waals surface area contributed by atoms with Gasteiger partial charge in [0.2, 0.25) is 15.9 Å². The Bertz CT molecular complexity index is 1390. The lowest BCUT2D eigenvalue weighted by atomic mass is 9.79. The number of amides is 1. The summed E-state index contributed by atoms with van der Waals surface area (Å²) in [4.78, 5) is 13.1. The van der Waals surface area contributed by atoms with Crippen LogP contribution in [0.15, 0.2) is 70.8 Å². The smallest absolute Gasteiger partial charge is 0.240 e. The number of primary sulfonamides is 1. The number of rotatable bonds is 4. The molecule has 0 saturated heterocycles. The second kappa shape index (κ2) is 7.93. The Balaban J connectivity index is 1.43. The lowest BCUT2D eigenvalue weighted by Crippen LogP contribution is -2.27. The molecular weight excluding hydrogens is 443 g/mol. The van der Waals surface area contributed by atoms with Crippen molar-refractivity contribution in [2.75, 3.05) is 5.32 Å². The van der Waals surface area contributed by atoms with Crippen molar-refractivity contribution in [2.45, 2.75) is 37.0 Å². The van der Waals surface area contributed by atoms with Crippen LogP contribution in [0, 0.1) is 11.7 Å². The van der Waals surface area contributed by atoms with Gasteiger partial charge in [-0.1, -0.05) is 30.2 Å². The summed E-state index contributed by atoms with van der Waals surface area (Å²) in [5.74, 6) is -0.903. The van der Waals surface area contributed by atoms with Crippen molar-refractivity contribution in [3.63, 3.8) is 0 Å². The van der Waals surface area contributed by atoms with E-state index in [9.17, 15) is 17.6 Å². The van der Waals surface area contributed by atoms with Crippen molar-refractivity contribution in [3.8, 4) is 5.69 Å². The summed E-state index contributed by atoms with van der Waals surface area (Å²) in [6.07, 6.45) is 3.93. The molecule has 3 N–H and O–H groups in total. The van der Waals surface area contributed by atoms with Crippen LogP contribution in [0.1, 0.15) is 36.9 Å². The maximum absolute atomic E-state index is 13.4. The van der Waals surface area contributed by atoms with E-state index < -0.39 is 10.0 Å². The number of sulfonamides is 1. The molecule has 0 unspecified atom stereocenters. The van der Waals surface area contributed by atoms with Crippen molar-refractivity contribution >= 4 is 21.6 Å². The van der Waals surface area contributed by atoms with E-state index in [2.05, 4.69) is 17.3 Å². The molecule has 9 heteroatoms. The summed E-state index contributed by atoms with van der Waals surface area (Å²) in [6, 6.07) is 12.4. The summed E-state index contributed by atoms with van der Waals surface area (Å²) in [5, 5.41) is 12.6. The number of fused-ring (bicyclic) bond motifs is 1. The number of nitrogens with one attached hydrogen (secondary N) is 1. The Labute approximate surface area is 191 Å². The van der Waals surface area contributed by atoms with Gasteiger partial charge < -0.3 is 5.32 Å². The standard InChI is InChI=1S/C24H23FN4O3S/c1-14-19-13-27-29(17-9-7-16(25)8-10-17)21(19)12-15-6-11-18(23(14)15)24(30)28-20-4-2-3-5-22(20)33(26,31)32/h2-5,7-10,13-14,18H,6,11-12H2,1H3,(H,28,30)(H2,26,31,32)/t14-,18+/m0/s1. The normalized spacial score (nSPS) is 19.8. The summed E-state index contributed by atoms with van der Waals surface area (Å²) >= 11 is 0. The summed E-state index contributed by atoms with van der Waals surface area (Å²) < 4.78 is 39.0. The van der Waals surface area contributed by atoms with E-state index in [1.165, 1.54) is 29.8 Å². The van der Waals surface area contributed by atoms with Crippen LogP contribution in [0.5, 0.6) is 0 Å². The number of halogens is 1. The Morgan fingerprint density at radius 1 is 1.18 bits per heavy atom. The number of aromatic nitrogens is 2. The fraction of sp³-hybridized carbons (Fsp3) is 0.250. The van der Waals surface area contributed by atoms with Crippen LogP contribution >= 0.6 is 0 Å². The molecule has 0 saturated carbocycles. The molecule has 2 aliphatic carbocycles. The van der Waals surface area contributed by atoms with Gasteiger partial charge in [0.05, 0.1) is 29.2 Å². The van der Waals surface area contributed by atoms with Gasteiger partial charge in [0.1, 0.15) is 10.7 Å². The number of carbonyl (C=O) groups is 1. The first-order chi connectivity index (χ1) is 15.7. The second-order valence-electron chi connectivity index (χ2n) is 8.51. The first-order valence-electron chi connectivity index (χ1n) is 10.7. The van der Waals surface area contributed by atoms with Crippen LogP contribution in [0.3, 0.4) is 0 Å². The van der Waals surface area contributed by atoms with E-state index in [0.717, 1.165) is 28.9 Å². The van der Waals surface area contributed by atoms with E-state index in [-0.39, 0.29) is 34.1 Å². The minimum Gasteiger partial charge on any atom is -0.324 e. The molecule has 1 heterocycles. The van der Waals surface area contributed by atoms with Gasteiger partial charge in [-0.25, -0.2) is 22.6 Å². The quantitative estimate of drug-likeness (QED) is 0.572. The fourth-order valence-electron chi connectivity index (χ4n) is 5.07. The van der Waals surface area contributed by atoms with Crippen LogP contribution in [-0.2, 0) is 21.2 Å². The van der Waals surface area contributed by atoms with Gasteiger partial charge in [-0.15, -0.1) is 0 Å². The number of hydrogen-bond acceptors (Lipinski definition) is 4. The van der Waals surface area contributed by atoms with E-state index in [1.807, 2.05) is 10.9 Å². The second-order valence-corrected chi connectivity index (χ2v) is 10.0. The molecule has 3 aromatic rings. The third kappa shape index (κ3) is 3.77. The van der Waals surface area contributed by atoms with Crippen LogP contribution in [0.2, 0.25) is 0 Å². The van der Waals surface area contributed by atoms with Gasteiger partial charge in [0.15, 0.2) is 0 Å². The average Bonchev–Trinajstić information content (AvgIpc) is 3.39. The number of nitrogens with zero attached hydrogens (tertiary/aromatic N) is 2. The maximum atomic E-state index is 13.4. The molecule has 1 amide bonds. The number of allylic oxidation sites excluding steroid dienone is 1. The molecular formula is C24H23FN4O3S. The Hall–Kier alpha value is -3.30. The van der Waals surface area contributed by atoms with Crippen LogP contribution < -0.4 is 10.5 Å². The number of anilines is 1. The highest BCUT2D eigenvalue weighted by atomic mass is 32.2. The summed E-state index contributed by atoms with van der Waals surface area (Å²) in [5.41, 5.74) is 5.36. The van der Waals surface area contributed by atoms with Crippen molar-refractivity contribution in [1.29, 1.82) is 0 Å². The van der Waals surface area contributed by atoms with Gasteiger partial charge in [-0.3, -0.25) is 4.79 Å². The van der Waals surface area contributed by atoms with Gasteiger partial charge in [0, 0.05) is 17.9 Å². The monoisotopic (exact) mass is 466 g/mol. The van der Waals surface area contributed by atoms with Gasteiger partial charge >= 0.3 is 0 Å². The molecule has 0 bridgehead atoms. The van der Waals surface area contributed by atoms with Crippen LogP contribution in [-0.4, -0.2) is 24.1 Å². The number of hydrogen-bond donors (Lipinski definition) is 2. The molecule has 0 fully saturated rings. The molecule has 0 aliphatic heterocycles. The lowest BCUT2D eigenvalue weighted by molar-refractivity contribution is -0.118. The van der Waals surface area contributed by atoms with Gasteiger partial charge in [0.25, 0.3) is 0 Å². The summed E-state index contributed by atoms with van der Waals surface area (Å²) in [7, 11) is -3.96. The minimum absolute atomic E-state index is 0.00955. The highest BCUT2D eigenvalue weighted by Gasteiger charge is 2.39. The minimum atomic E-state index is -3.96. The Morgan fingerprint density at radius 2 is 1.91 bits per heavy atom. The first kappa shape index (κ1) is 21.5. The predicted octanol–water partition coefficient (Wildman–Crippen LogP) is 3.66. The fourth-order valence-corrected chi connectivity index (χ4v) is 5.77. The molecule has 2 aliphatic rings. The number of nitrogens with two attached hydrogens (primary N) is 1. The zero-order valence-electron chi connectivity index (χ0n) is 18.0. The largest absolute Gasteiger partial charge is 0.324 e. The molecule has 170 valence electrons. The highest BCUT2D eigenvalue weighted by Crippen LogP contribution is 2.47. The van der Waals surface area contributed by atoms with E-state index in [4.69, 9.17) is 5.14 Å². The average molecular weight is 467 g/mol. The number of carbonyl (C=O) groups excluding carboxylic acids is 1. The van der Waals surface area contributed by atoms with Crippen molar-refractivity contribution in [1.82, 2.24) is 9.78 Å². The Kier molecular flexibility index (Phi) is 5.18. The van der Waals surface area contributed by atoms with E-state index >= 15 is 0 Å². The molecule has 5 rings (SSSR count). The molecule has 2 aromatic carbocycles.